The summed E-state index contributed by atoms with van der Waals surface area (Å²) < 4.78 is 6.29. The molecular formula is C9H10Br2N2O3. The molecule has 1 heterocycles. The number of hydrogen-bond acceptors (Lipinski definition) is 4. The van der Waals surface area contributed by atoms with E-state index in [9.17, 15) is 9.59 Å². The van der Waals surface area contributed by atoms with Crippen LogP contribution in [0.1, 0.15) is 5.69 Å². The van der Waals surface area contributed by atoms with Crippen molar-refractivity contribution in [3.63, 3.8) is 0 Å². The lowest BCUT2D eigenvalue weighted by Crippen LogP contribution is -2.29. The lowest BCUT2D eigenvalue weighted by molar-refractivity contribution is -0.140. The predicted octanol–water partition coefficient (Wildman–Crippen LogP) is 1.25. The largest absolute Gasteiger partial charge is 0.468 e. The number of carbonyl (C=O) groups excluding carboxylic acids is 1. The molecule has 16 heavy (non-hydrogen) atoms. The molecule has 0 aliphatic rings. The van der Waals surface area contributed by atoms with Crippen LogP contribution in [0.25, 0.3) is 0 Å². The van der Waals surface area contributed by atoms with Crippen molar-refractivity contribution in [3.8, 4) is 0 Å². The maximum atomic E-state index is 11.7. The molecular weight excluding hydrogens is 344 g/mol. The van der Waals surface area contributed by atoms with Crippen molar-refractivity contribution in [1.29, 1.82) is 0 Å². The van der Waals surface area contributed by atoms with Gasteiger partial charge >= 0.3 is 5.97 Å². The van der Waals surface area contributed by atoms with E-state index in [4.69, 9.17) is 0 Å². The number of nitrogens with zero attached hydrogens (tertiary/aromatic N) is 2. The Kier molecular flexibility index (Phi) is 4.67. The van der Waals surface area contributed by atoms with E-state index >= 15 is 0 Å². The summed E-state index contributed by atoms with van der Waals surface area (Å²) in [5.74, 6) is -0.427. The minimum Gasteiger partial charge on any atom is -0.468 e. The monoisotopic (exact) mass is 352 g/mol. The van der Waals surface area contributed by atoms with Crippen LogP contribution in [0.4, 0.5) is 0 Å². The molecule has 1 aromatic rings. The molecule has 0 aliphatic heterocycles. The first-order chi connectivity index (χ1) is 7.47. The number of aromatic nitrogens is 2. The third-order valence-corrected chi connectivity index (χ3v) is 3.55. The maximum Gasteiger partial charge on any atom is 0.321 e. The zero-order valence-corrected chi connectivity index (χ0v) is 11.9. The summed E-state index contributed by atoms with van der Waals surface area (Å²) in [6, 6.07) is 0. The van der Waals surface area contributed by atoms with Gasteiger partial charge in [-0.15, -0.1) is 0 Å². The summed E-state index contributed by atoms with van der Waals surface area (Å²) in [6.07, 6.45) is 1.40. The van der Waals surface area contributed by atoms with E-state index in [1.54, 1.807) is 6.92 Å². The number of carbonyl (C=O) groups is 1. The van der Waals surface area contributed by atoms with Crippen LogP contribution < -0.4 is 5.56 Å². The minimum absolute atomic E-state index is 0.178. The summed E-state index contributed by atoms with van der Waals surface area (Å²) in [5, 5.41) is 0. The first-order valence-electron chi connectivity index (χ1n) is 4.40. The molecule has 0 spiro atoms. The molecule has 7 heteroatoms. The molecule has 1 rings (SSSR count). The van der Waals surface area contributed by atoms with Crippen molar-refractivity contribution >= 4 is 37.8 Å². The number of esters is 1. The number of ether oxygens (including phenoxy) is 1. The fourth-order valence-electron chi connectivity index (χ4n) is 1.05. The third-order valence-electron chi connectivity index (χ3n) is 1.97. The summed E-state index contributed by atoms with van der Waals surface area (Å²) >= 11 is 6.29. The number of hydrogen-bond donors (Lipinski definition) is 0. The second-order valence-corrected chi connectivity index (χ2v) is 4.99. The fourth-order valence-corrected chi connectivity index (χ4v) is 1.88. The average Bonchev–Trinajstić information content (AvgIpc) is 2.28. The molecule has 0 N–H and O–H groups in total. The van der Waals surface area contributed by atoms with E-state index < -0.39 is 10.8 Å². The van der Waals surface area contributed by atoms with Crippen LogP contribution in [0.15, 0.2) is 15.6 Å². The maximum absolute atomic E-state index is 11.7. The van der Waals surface area contributed by atoms with Gasteiger partial charge in [-0.2, -0.15) is 0 Å². The zero-order chi connectivity index (χ0) is 12.3. The van der Waals surface area contributed by atoms with Crippen molar-refractivity contribution in [2.75, 3.05) is 7.11 Å². The molecule has 0 saturated heterocycles. The van der Waals surface area contributed by atoms with Crippen LogP contribution in [0.3, 0.4) is 0 Å². The Hall–Kier alpha value is -0.690. The van der Waals surface area contributed by atoms with Crippen molar-refractivity contribution in [1.82, 2.24) is 9.55 Å². The first kappa shape index (κ1) is 13.4. The molecule has 88 valence electrons. The van der Waals surface area contributed by atoms with Gasteiger partial charge in [0.05, 0.1) is 25.7 Å². The van der Waals surface area contributed by atoms with Crippen LogP contribution in [-0.4, -0.2) is 27.5 Å². The Morgan fingerprint density at radius 2 is 2.31 bits per heavy atom. The highest BCUT2D eigenvalue weighted by Crippen LogP contribution is 2.08. The van der Waals surface area contributed by atoms with Gasteiger partial charge in [0, 0.05) is 0 Å². The highest BCUT2D eigenvalue weighted by Gasteiger charge is 2.17. The fraction of sp³-hybridized carbons (Fsp3) is 0.444. The van der Waals surface area contributed by atoms with Gasteiger partial charge in [0.1, 0.15) is 9.30 Å². The Labute approximate surface area is 109 Å². The van der Waals surface area contributed by atoms with Gasteiger partial charge in [-0.05, 0) is 22.9 Å². The van der Waals surface area contributed by atoms with Crippen LogP contribution in [0.2, 0.25) is 0 Å². The Balaban J connectivity index is 2.95. The second-order valence-electron chi connectivity index (χ2n) is 3.09. The highest BCUT2D eigenvalue weighted by atomic mass is 79.9. The van der Waals surface area contributed by atoms with Crippen molar-refractivity contribution < 1.29 is 9.53 Å². The summed E-state index contributed by atoms with van der Waals surface area (Å²) in [7, 11) is 1.29. The SMILES string of the molecule is COC(=O)C(Br)Cn1cnc(C)c(Br)c1=O. The van der Waals surface area contributed by atoms with Gasteiger partial charge < -0.3 is 4.74 Å². The molecule has 0 radical (unpaired) electrons. The van der Waals surface area contributed by atoms with Gasteiger partial charge in [-0.3, -0.25) is 14.2 Å². The van der Waals surface area contributed by atoms with Crippen LogP contribution in [-0.2, 0) is 16.1 Å². The summed E-state index contributed by atoms with van der Waals surface area (Å²) in [4.78, 5) is 26.4. The van der Waals surface area contributed by atoms with Gasteiger partial charge in [-0.1, -0.05) is 15.9 Å². The van der Waals surface area contributed by atoms with E-state index in [0.717, 1.165) is 0 Å². The normalized spacial score (nSPS) is 12.2. The van der Waals surface area contributed by atoms with Crippen LogP contribution in [0, 0.1) is 6.92 Å². The first-order valence-corrected chi connectivity index (χ1v) is 6.11. The van der Waals surface area contributed by atoms with Crippen LogP contribution >= 0.6 is 31.9 Å². The molecule has 0 aliphatic carbocycles. The van der Waals surface area contributed by atoms with E-state index in [0.29, 0.717) is 10.2 Å². The lowest BCUT2D eigenvalue weighted by atomic mass is 10.4. The van der Waals surface area contributed by atoms with E-state index in [-0.39, 0.29) is 12.1 Å². The van der Waals surface area contributed by atoms with Crippen LogP contribution in [0.5, 0.6) is 0 Å². The van der Waals surface area contributed by atoms with E-state index in [2.05, 4.69) is 41.6 Å². The number of aryl methyl sites for hydroxylation is 1. The van der Waals surface area contributed by atoms with Gasteiger partial charge in [0.2, 0.25) is 0 Å². The molecule has 0 amide bonds. The van der Waals surface area contributed by atoms with Gasteiger partial charge in [0.15, 0.2) is 0 Å². The lowest BCUT2D eigenvalue weighted by Gasteiger charge is -2.10. The molecule has 5 nitrogen and oxygen atoms in total. The van der Waals surface area contributed by atoms with Crippen molar-refractivity contribution in [2.45, 2.75) is 18.3 Å². The Morgan fingerprint density at radius 3 is 2.88 bits per heavy atom. The van der Waals surface area contributed by atoms with E-state index in [1.807, 2.05) is 0 Å². The number of alkyl halides is 1. The third kappa shape index (κ3) is 2.91. The molecule has 1 unspecified atom stereocenters. The molecule has 0 aromatic carbocycles. The standard InChI is InChI=1S/C9H10Br2N2O3/c1-5-7(11)8(14)13(4-12-5)3-6(10)9(15)16-2/h4,6H,3H2,1-2H3. The summed E-state index contributed by atoms with van der Waals surface area (Å²) in [6.45, 7) is 1.90. The molecule has 1 aromatic heterocycles. The molecule has 0 saturated carbocycles. The van der Waals surface area contributed by atoms with Gasteiger partial charge in [0.25, 0.3) is 5.56 Å². The number of halogens is 2. The molecule has 0 fully saturated rings. The molecule has 0 bridgehead atoms. The van der Waals surface area contributed by atoms with Gasteiger partial charge in [-0.25, -0.2) is 4.98 Å². The number of methoxy groups -OCH3 is 1. The second kappa shape index (κ2) is 5.58. The Morgan fingerprint density at radius 1 is 1.69 bits per heavy atom. The smallest absolute Gasteiger partial charge is 0.321 e. The average molecular weight is 354 g/mol. The quantitative estimate of drug-likeness (QED) is 0.606. The predicted molar refractivity (Wildman–Crippen MR) is 65.7 cm³/mol. The number of rotatable bonds is 3. The zero-order valence-electron chi connectivity index (χ0n) is 8.74. The topological polar surface area (TPSA) is 61.2 Å². The van der Waals surface area contributed by atoms with E-state index in [1.165, 1.54) is 18.0 Å². The molecule has 1 atom stereocenters. The van der Waals surface area contributed by atoms with Crippen molar-refractivity contribution in [3.05, 3.63) is 26.8 Å². The minimum atomic E-state index is -0.563. The highest BCUT2D eigenvalue weighted by molar-refractivity contribution is 9.10. The Bertz CT molecular complexity index is 459. The van der Waals surface area contributed by atoms with Crippen molar-refractivity contribution in [2.24, 2.45) is 0 Å². The summed E-state index contributed by atoms with van der Waals surface area (Å²) in [5.41, 5.74) is 0.395.